The summed E-state index contributed by atoms with van der Waals surface area (Å²) < 4.78 is 5.71. The summed E-state index contributed by atoms with van der Waals surface area (Å²) in [6.45, 7) is 1.14. The summed E-state index contributed by atoms with van der Waals surface area (Å²) in [5, 5.41) is 3.61. The fourth-order valence-corrected chi connectivity index (χ4v) is 3.25. The van der Waals surface area contributed by atoms with Gasteiger partial charge in [-0.3, -0.25) is 14.4 Å². The van der Waals surface area contributed by atoms with Crippen LogP contribution in [0.2, 0.25) is 10.0 Å². The Morgan fingerprint density at radius 2 is 1.70 bits per heavy atom. The molecule has 1 aromatic heterocycles. The van der Waals surface area contributed by atoms with Crippen molar-refractivity contribution in [1.29, 1.82) is 0 Å². The smallest absolute Gasteiger partial charge is 0.287 e. The fraction of sp³-hybridized carbons (Fsp3) is 0.227. The zero-order chi connectivity index (χ0) is 21.8. The largest absolute Gasteiger partial charge is 0.450 e. The predicted molar refractivity (Wildman–Crippen MR) is 118 cm³/mol. The molecule has 30 heavy (non-hydrogen) atoms. The molecule has 6 nitrogen and oxygen atoms in total. The molecular formula is C22H20Cl2N2O4. The van der Waals surface area contributed by atoms with Gasteiger partial charge in [0.2, 0.25) is 17.0 Å². The number of hydrogen-bond donors (Lipinski definition) is 1. The number of carbonyl (C=O) groups excluding carboxylic acids is 2. The van der Waals surface area contributed by atoms with E-state index < -0.39 is 17.1 Å². The summed E-state index contributed by atoms with van der Waals surface area (Å²) in [5.41, 5.74) is -0.556. The molecule has 0 aliphatic carbocycles. The number of ketones is 1. The van der Waals surface area contributed by atoms with Crippen molar-refractivity contribution < 1.29 is 14.0 Å². The van der Waals surface area contributed by atoms with Crippen molar-refractivity contribution in [1.82, 2.24) is 10.2 Å². The lowest BCUT2D eigenvalue weighted by molar-refractivity contribution is 0.0912. The Balaban J connectivity index is 2.07. The molecule has 0 bridgehead atoms. The van der Waals surface area contributed by atoms with Crippen LogP contribution in [-0.4, -0.2) is 43.8 Å². The van der Waals surface area contributed by atoms with Gasteiger partial charge in [0.15, 0.2) is 0 Å². The number of carbonyl (C=O) groups is 2. The third kappa shape index (κ3) is 4.90. The van der Waals surface area contributed by atoms with Gasteiger partial charge in [-0.25, -0.2) is 0 Å². The Bertz CT molecular complexity index is 1150. The fourth-order valence-electron chi connectivity index (χ4n) is 2.96. The number of rotatable bonds is 7. The van der Waals surface area contributed by atoms with Crippen LogP contribution in [0.3, 0.4) is 0 Å². The lowest BCUT2D eigenvalue weighted by atomic mass is 10.00. The second-order valence-corrected chi connectivity index (χ2v) is 7.90. The summed E-state index contributed by atoms with van der Waals surface area (Å²) in [5.74, 6) is -1.57. The average Bonchev–Trinajstić information content (AvgIpc) is 2.71. The van der Waals surface area contributed by atoms with Crippen molar-refractivity contribution in [2.75, 3.05) is 27.2 Å². The number of nitrogens with zero attached hydrogens (tertiary/aromatic N) is 1. The molecule has 0 radical (unpaired) electrons. The molecule has 1 amide bonds. The van der Waals surface area contributed by atoms with Crippen molar-refractivity contribution in [2.45, 2.75) is 6.42 Å². The number of amides is 1. The molecule has 0 unspecified atom stereocenters. The van der Waals surface area contributed by atoms with Crippen LogP contribution < -0.4 is 10.7 Å². The summed E-state index contributed by atoms with van der Waals surface area (Å²) in [7, 11) is 3.86. The van der Waals surface area contributed by atoms with Gasteiger partial charge in [0.05, 0.1) is 5.39 Å². The zero-order valence-corrected chi connectivity index (χ0v) is 18.0. The average molecular weight is 447 g/mol. The van der Waals surface area contributed by atoms with Crippen LogP contribution in [0.25, 0.3) is 11.0 Å². The number of nitrogens with one attached hydrogen (secondary N) is 1. The molecule has 1 heterocycles. The van der Waals surface area contributed by atoms with Crippen LogP contribution in [-0.2, 0) is 0 Å². The van der Waals surface area contributed by atoms with E-state index >= 15 is 0 Å². The molecule has 0 spiro atoms. The topological polar surface area (TPSA) is 79.6 Å². The minimum atomic E-state index is -0.625. The maximum absolute atomic E-state index is 13.2. The van der Waals surface area contributed by atoms with E-state index in [0.717, 1.165) is 6.54 Å². The van der Waals surface area contributed by atoms with Gasteiger partial charge in [-0.15, -0.1) is 0 Å². The monoisotopic (exact) mass is 446 g/mol. The van der Waals surface area contributed by atoms with Crippen molar-refractivity contribution in [3.63, 3.8) is 0 Å². The van der Waals surface area contributed by atoms with Crippen LogP contribution in [0, 0.1) is 0 Å². The first-order valence-corrected chi connectivity index (χ1v) is 10.0. The highest BCUT2D eigenvalue weighted by molar-refractivity contribution is 6.31. The van der Waals surface area contributed by atoms with Gasteiger partial charge in [0, 0.05) is 22.2 Å². The molecule has 0 saturated heterocycles. The van der Waals surface area contributed by atoms with E-state index in [0.29, 0.717) is 23.0 Å². The van der Waals surface area contributed by atoms with Crippen molar-refractivity contribution >= 4 is 45.9 Å². The molecule has 0 fully saturated rings. The van der Waals surface area contributed by atoms with Gasteiger partial charge < -0.3 is 14.6 Å². The second-order valence-electron chi connectivity index (χ2n) is 7.02. The van der Waals surface area contributed by atoms with Crippen LogP contribution >= 0.6 is 23.2 Å². The molecule has 8 heteroatoms. The van der Waals surface area contributed by atoms with Gasteiger partial charge in [-0.1, -0.05) is 23.2 Å². The number of benzene rings is 2. The molecule has 3 rings (SSSR count). The molecule has 0 aliphatic rings. The minimum Gasteiger partial charge on any atom is -0.450 e. The second kappa shape index (κ2) is 9.43. The van der Waals surface area contributed by atoms with Crippen LogP contribution in [0.5, 0.6) is 0 Å². The van der Waals surface area contributed by atoms with Crippen LogP contribution in [0.1, 0.15) is 32.9 Å². The van der Waals surface area contributed by atoms with E-state index in [2.05, 4.69) is 5.32 Å². The standard InChI is InChI=1S/C22H20Cl2N2O4/c1-26(2)11-3-10-25-22(29)21-18(19(27)13-4-6-14(23)7-5-13)20(28)16-12-15(24)8-9-17(16)30-21/h4-9,12H,3,10-11H2,1-2H3,(H,25,29). The minimum absolute atomic E-state index is 0.129. The van der Waals surface area contributed by atoms with Crippen LogP contribution in [0.4, 0.5) is 0 Å². The van der Waals surface area contributed by atoms with Crippen LogP contribution in [0.15, 0.2) is 51.7 Å². The van der Waals surface area contributed by atoms with E-state index in [4.69, 9.17) is 27.6 Å². The predicted octanol–water partition coefficient (Wildman–Crippen LogP) is 4.01. The van der Waals surface area contributed by atoms with E-state index in [-0.39, 0.29) is 27.9 Å². The van der Waals surface area contributed by atoms with E-state index in [1.165, 1.54) is 36.4 Å². The molecule has 0 saturated carbocycles. The summed E-state index contributed by atoms with van der Waals surface area (Å²) in [4.78, 5) is 41.1. The Kier molecular flexibility index (Phi) is 6.92. The van der Waals surface area contributed by atoms with Gasteiger partial charge in [0.25, 0.3) is 5.91 Å². The van der Waals surface area contributed by atoms with Crippen molar-refractivity contribution in [3.05, 3.63) is 79.6 Å². The third-order valence-electron chi connectivity index (χ3n) is 4.46. The highest BCUT2D eigenvalue weighted by Crippen LogP contribution is 2.22. The molecule has 2 aromatic carbocycles. The summed E-state index contributed by atoms with van der Waals surface area (Å²) in [6.07, 6.45) is 0.701. The lowest BCUT2D eigenvalue weighted by Crippen LogP contribution is -2.31. The van der Waals surface area contributed by atoms with Crippen molar-refractivity contribution in [2.24, 2.45) is 0 Å². The number of fused-ring (bicyclic) bond motifs is 1. The van der Waals surface area contributed by atoms with Gasteiger partial charge in [0.1, 0.15) is 11.1 Å². The Labute approximate surface area is 183 Å². The van der Waals surface area contributed by atoms with E-state index in [9.17, 15) is 14.4 Å². The third-order valence-corrected chi connectivity index (χ3v) is 4.95. The Morgan fingerprint density at radius 3 is 2.37 bits per heavy atom. The van der Waals surface area contributed by atoms with Gasteiger partial charge in [-0.05, 0) is 69.5 Å². The summed E-state index contributed by atoms with van der Waals surface area (Å²) >= 11 is 11.9. The molecular weight excluding hydrogens is 427 g/mol. The normalized spacial score (nSPS) is 11.1. The van der Waals surface area contributed by atoms with E-state index in [1.807, 2.05) is 19.0 Å². The Morgan fingerprint density at radius 1 is 1.03 bits per heavy atom. The first-order chi connectivity index (χ1) is 14.3. The summed E-state index contributed by atoms with van der Waals surface area (Å²) in [6, 6.07) is 10.5. The maximum Gasteiger partial charge on any atom is 0.287 e. The molecule has 3 aromatic rings. The first kappa shape index (κ1) is 22.0. The van der Waals surface area contributed by atoms with E-state index in [1.54, 1.807) is 6.07 Å². The highest BCUT2D eigenvalue weighted by atomic mass is 35.5. The molecule has 1 N–H and O–H groups in total. The lowest BCUT2D eigenvalue weighted by Gasteiger charge is -2.12. The number of halogens is 2. The highest BCUT2D eigenvalue weighted by Gasteiger charge is 2.26. The molecule has 156 valence electrons. The van der Waals surface area contributed by atoms with Gasteiger partial charge in [-0.2, -0.15) is 0 Å². The zero-order valence-electron chi connectivity index (χ0n) is 16.5. The quantitative estimate of drug-likeness (QED) is 0.437. The molecule has 0 aliphatic heterocycles. The first-order valence-electron chi connectivity index (χ1n) is 9.27. The Hall–Kier alpha value is -2.67. The maximum atomic E-state index is 13.2. The molecule has 0 atom stereocenters. The SMILES string of the molecule is CN(C)CCCNC(=O)c1oc2ccc(Cl)cc2c(=O)c1C(=O)c1ccc(Cl)cc1. The number of hydrogen-bond acceptors (Lipinski definition) is 5. The van der Waals surface area contributed by atoms with Crippen molar-refractivity contribution in [3.8, 4) is 0 Å². The van der Waals surface area contributed by atoms with Gasteiger partial charge >= 0.3 is 0 Å².